The van der Waals surface area contributed by atoms with Crippen molar-refractivity contribution in [2.24, 2.45) is 7.05 Å². The van der Waals surface area contributed by atoms with Gasteiger partial charge in [-0.15, -0.1) is 5.10 Å². The van der Waals surface area contributed by atoms with Crippen LogP contribution in [-0.4, -0.2) is 40.8 Å². The van der Waals surface area contributed by atoms with E-state index in [4.69, 9.17) is 0 Å². The van der Waals surface area contributed by atoms with Gasteiger partial charge in [-0.05, 0) is 12.1 Å². The van der Waals surface area contributed by atoms with Crippen LogP contribution in [-0.2, 0) is 13.6 Å². The second-order valence-electron chi connectivity index (χ2n) is 4.06. The number of benzene rings is 1. The third-order valence-electron chi connectivity index (χ3n) is 2.70. The molecule has 0 bridgehead atoms. The summed E-state index contributed by atoms with van der Waals surface area (Å²) in [6.45, 7) is 0.279. The fourth-order valence-corrected chi connectivity index (χ4v) is 1.90. The number of aryl methyl sites for hydroxylation is 1. The Hall–Kier alpha value is -2.77. The Morgan fingerprint density at radius 1 is 1.42 bits per heavy atom. The van der Waals surface area contributed by atoms with Gasteiger partial charge < -0.3 is 5.11 Å². The Morgan fingerprint density at radius 2 is 2.26 bits per heavy atom. The number of aromatic nitrogens is 6. The Bertz CT molecular complexity index is 759. The first kappa shape index (κ1) is 11.3. The number of aromatic carboxylic acids is 1. The molecule has 0 amide bonds. The number of hydrogen-bond acceptors (Lipinski definition) is 5. The van der Waals surface area contributed by atoms with E-state index in [9.17, 15) is 9.90 Å². The predicted octanol–water partition coefficient (Wildman–Crippen LogP) is 0.306. The number of carbonyl (C=O) groups is 1. The van der Waals surface area contributed by atoms with E-state index < -0.39 is 5.97 Å². The van der Waals surface area contributed by atoms with Crippen molar-refractivity contribution in [2.45, 2.75) is 6.54 Å². The number of para-hydroxylation sites is 1. The molecule has 8 nitrogen and oxygen atoms in total. The molecule has 0 atom stereocenters. The number of rotatable bonds is 3. The number of hydrogen-bond donors (Lipinski definition) is 1. The summed E-state index contributed by atoms with van der Waals surface area (Å²) in [6.07, 6.45) is 1.58. The molecule has 96 valence electrons. The minimum atomic E-state index is -1.01. The highest BCUT2D eigenvalue weighted by molar-refractivity contribution is 6.00. The fraction of sp³-hybridized carbons (Fsp3) is 0.182. The highest BCUT2D eigenvalue weighted by Gasteiger charge is 2.15. The standard InChI is InChI=1S/C11H10N6O2/c1-16-6-12-9(14-16)5-17-10-7(11(18)19)3-2-4-8(10)13-15-17/h2-4,6H,5H2,1H3,(H,18,19). The van der Waals surface area contributed by atoms with Gasteiger partial charge in [0, 0.05) is 7.05 Å². The van der Waals surface area contributed by atoms with E-state index >= 15 is 0 Å². The summed E-state index contributed by atoms with van der Waals surface area (Å²) in [4.78, 5) is 15.3. The van der Waals surface area contributed by atoms with Crippen molar-refractivity contribution in [3.8, 4) is 0 Å². The normalized spacial score (nSPS) is 11.0. The van der Waals surface area contributed by atoms with Crippen LogP contribution >= 0.6 is 0 Å². The number of nitrogens with zero attached hydrogens (tertiary/aromatic N) is 6. The maximum atomic E-state index is 11.2. The zero-order valence-electron chi connectivity index (χ0n) is 10.1. The van der Waals surface area contributed by atoms with Crippen LogP contribution in [0.5, 0.6) is 0 Å². The highest BCUT2D eigenvalue weighted by atomic mass is 16.4. The Morgan fingerprint density at radius 3 is 2.95 bits per heavy atom. The summed E-state index contributed by atoms with van der Waals surface area (Å²) in [7, 11) is 1.76. The molecule has 19 heavy (non-hydrogen) atoms. The maximum absolute atomic E-state index is 11.2. The SMILES string of the molecule is Cn1cnc(Cn2nnc3cccc(C(=O)O)c32)n1. The van der Waals surface area contributed by atoms with Crippen molar-refractivity contribution in [2.75, 3.05) is 0 Å². The van der Waals surface area contributed by atoms with Gasteiger partial charge in [0.25, 0.3) is 0 Å². The van der Waals surface area contributed by atoms with Gasteiger partial charge in [-0.1, -0.05) is 11.3 Å². The lowest BCUT2D eigenvalue weighted by Gasteiger charge is -2.01. The van der Waals surface area contributed by atoms with Gasteiger partial charge in [0.15, 0.2) is 5.82 Å². The lowest BCUT2D eigenvalue weighted by Crippen LogP contribution is -2.07. The van der Waals surface area contributed by atoms with Crippen LogP contribution in [0, 0.1) is 0 Å². The van der Waals surface area contributed by atoms with E-state index in [0.29, 0.717) is 16.9 Å². The smallest absolute Gasteiger partial charge is 0.337 e. The van der Waals surface area contributed by atoms with Gasteiger partial charge in [0.05, 0.1) is 5.56 Å². The minimum absolute atomic E-state index is 0.165. The summed E-state index contributed by atoms with van der Waals surface area (Å²) in [6, 6.07) is 4.89. The van der Waals surface area contributed by atoms with E-state index in [2.05, 4.69) is 20.4 Å². The van der Waals surface area contributed by atoms with Crippen molar-refractivity contribution in [3.63, 3.8) is 0 Å². The van der Waals surface area contributed by atoms with Crippen molar-refractivity contribution in [1.29, 1.82) is 0 Å². The average Bonchev–Trinajstić information content (AvgIpc) is 2.97. The largest absolute Gasteiger partial charge is 0.478 e. The third kappa shape index (κ3) is 1.92. The molecule has 8 heteroatoms. The summed E-state index contributed by atoms with van der Waals surface area (Å²) < 4.78 is 3.07. The first-order valence-electron chi connectivity index (χ1n) is 5.55. The topological polar surface area (TPSA) is 98.7 Å². The summed E-state index contributed by atoms with van der Waals surface area (Å²) in [5.74, 6) is -0.461. The maximum Gasteiger partial charge on any atom is 0.337 e. The molecule has 3 rings (SSSR count). The van der Waals surface area contributed by atoms with E-state index in [0.717, 1.165) is 0 Å². The molecule has 0 aliphatic rings. The zero-order valence-corrected chi connectivity index (χ0v) is 10.1. The number of carboxylic acid groups (broad SMARTS) is 1. The number of carboxylic acids is 1. The predicted molar refractivity (Wildman–Crippen MR) is 64.6 cm³/mol. The van der Waals surface area contributed by atoms with E-state index in [1.165, 1.54) is 10.7 Å². The second kappa shape index (κ2) is 4.16. The molecule has 0 saturated heterocycles. The third-order valence-corrected chi connectivity index (χ3v) is 2.70. The molecular formula is C11H10N6O2. The molecular weight excluding hydrogens is 248 g/mol. The summed E-state index contributed by atoms with van der Waals surface area (Å²) >= 11 is 0. The zero-order chi connectivity index (χ0) is 13.4. The van der Waals surface area contributed by atoms with Crippen molar-refractivity contribution in [3.05, 3.63) is 35.9 Å². The van der Waals surface area contributed by atoms with Crippen LogP contribution in [0.15, 0.2) is 24.5 Å². The van der Waals surface area contributed by atoms with Crippen molar-refractivity contribution < 1.29 is 9.90 Å². The van der Waals surface area contributed by atoms with Gasteiger partial charge in [-0.3, -0.25) is 4.68 Å². The molecule has 2 aromatic heterocycles. The summed E-state index contributed by atoms with van der Waals surface area (Å²) in [5, 5.41) is 21.2. The van der Waals surface area contributed by atoms with Crippen LogP contribution in [0.3, 0.4) is 0 Å². The number of fused-ring (bicyclic) bond motifs is 1. The van der Waals surface area contributed by atoms with E-state index in [1.54, 1.807) is 30.2 Å². The first-order chi connectivity index (χ1) is 9.15. The lowest BCUT2D eigenvalue weighted by atomic mass is 10.2. The van der Waals surface area contributed by atoms with Gasteiger partial charge in [0.2, 0.25) is 0 Å². The molecule has 0 aliphatic heterocycles. The Kier molecular flexibility index (Phi) is 2.48. The van der Waals surface area contributed by atoms with Gasteiger partial charge in [-0.2, -0.15) is 5.10 Å². The molecule has 0 fully saturated rings. The quantitative estimate of drug-likeness (QED) is 0.725. The van der Waals surface area contributed by atoms with Gasteiger partial charge in [0.1, 0.15) is 23.9 Å². The molecule has 1 N–H and O–H groups in total. The molecule has 3 aromatic rings. The Labute approximate surface area is 107 Å². The van der Waals surface area contributed by atoms with Crippen LogP contribution < -0.4 is 0 Å². The first-order valence-corrected chi connectivity index (χ1v) is 5.55. The molecule has 0 saturated carbocycles. The molecule has 2 heterocycles. The second-order valence-corrected chi connectivity index (χ2v) is 4.06. The highest BCUT2D eigenvalue weighted by Crippen LogP contribution is 2.17. The van der Waals surface area contributed by atoms with E-state index in [1.807, 2.05) is 0 Å². The van der Waals surface area contributed by atoms with Crippen LogP contribution in [0.2, 0.25) is 0 Å². The molecule has 1 aromatic carbocycles. The van der Waals surface area contributed by atoms with Crippen LogP contribution in [0.1, 0.15) is 16.2 Å². The monoisotopic (exact) mass is 258 g/mol. The van der Waals surface area contributed by atoms with Crippen molar-refractivity contribution >= 4 is 17.0 Å². The average molecular weight is 258 g/mol. The van der Waals surface area contributed by atoms with Gasteiger partial charge in [-0.25, -0.2) is 14.5 Å². The van der Waals surface area contributed by atoms with E-state index in [-0.39, 0.29) is 12.1 Å². The molecule has 0 radical (unpaired) electrons. The lowest BCUT2D eigenvalue weighted by molar-refractivity contribution is 0.0698. The molecule has 0 aliphatic carbocycles. The van der Waals surface area contributed by atoms with Crippen LogP contribution in [0.25, 0.3) is 11.0 Å². The fourth-order valence-electron chi connectivity index (χ4n) is 1.90. The Balaban J connectivity index is 2.11. The van der Waals surface area contributed by atoms with Crippen molar-refractivity contribution in [1.82, 2.24) is 29.8 Å². The minimum Gasteiger partial charge on any atom is -0.478 e. The van der Waals surface area contributed by atoms with Crippen LogP contribution in [0.4, 0.5) is 0 Å². The summed E-state index contributed by atoms with van der Waals surface area (Å²) in [5.41, 5.74) is 1.18. The molecule has 0 spiro atoms. The van der Waals surface area contributed by atoms with Gasteiger partial charge >= 0.3 is 5.97 Å². The molecule has 0 unspecified atom stereocenters.